The van der Waals surface area contributed by atoms with Crippen LogP contribution >= 0.6 is 0 Å². The standard InChI is InChI=1S/C11H13N/c1-3-4-7-10-8-5-6-9-11(10)12-2/h3-9H,1-2H3/b4-3-,10-7-,12-11-. The first-order chi connectivity index (χ1) is 5.88. The normalized spacial score (nSPS) is 23.2. The summed E-state index contributed by atoms with van der Waals surface area (Å²) >= 11 is 0. The van der Waals surface area contributed by atoms with Crippen LogP contribution in [0.4, 0.5) is 0 Å². The van der Waals surface area contributed by atoms with E-state index in [9.17, 15) is 0 Å². The van der Waals surface area contributed by atoms with Crippen molar-refractivity contribution in [1.82, 2.24) is 0 Å². The average Bonchev–Trinajstić information content (AvgIpc) is 2.15. The Morgan fingerprint density at radius 1 is 1.25 bits per heavy atom. The lowest BCUT2D eigenvalue weighted by molar-refractivity contribution is 1.43. The van der Waals surface area contributed by atoms with Gasteiger partial charge in [0.25, 0.3) is 0 Å². The molecule has 0 heterocycles. The summed E-state index contributed by atoms with van der Waals surface area (Å²) < 4.78 is 0. The molecular weight excluding hydrogens is 146 g/mol. The fraction of sp³-hybridized carbons (Fsp3) is 0.182. The van der Waals surface area contributed by atoms with Crippen molar-refractivity contribution in [3.63, 3.8) is 0 Å². The van der Waals surface area contributed by atoms with Crippen molar-refractivity contribution in [1.29, 1.82) is 0 Å². The molecule has 0 saturated heterocycles. The number of aliphatic imine (C=N–C) groups is 1. The molecule has 0 fully saturated rings. The Bertz CT molecular complexity index is 288. The molecule has 1 heteroatoms. The van der Waals surface area contributed by atoms with Crippen LogP contribution in [-0.4, -0.2) is 12.8 Å². The van der Waals surface area contributed by atoms with Gasteiger partial charge < -0.3 is 0 Å². The summed E-state index contributed by atoms with van der Waals surface area (Å²) in [6, 6.07) is 0. The van der Waals surface area contributed by atoms with Crippen molar-refractivity contribution in [2.24, 2.45) is 4.99 Å². The highest BCUT2D eigenvalue weighted by Gasteiger charge is 1.99. The number of hydrogen-bond donors (Lipinski definition) is 0. The van der Waals surface area contributed by atoms with Crippen molar-refractivity contribution < 1.29 is 0 Å². The molecule has 1 aliphatic rings. The Morgan fingerprint density at radius 2 is 2.00 bits per heavy atom. The SMILES string of the molecule is C\C=C/C=C1/C=CC=C/C1=N/C. The van der Waals surface area contributed by atoms with E-state index in [0.717, 1.165) is 11.3 Å². The minimum absolute atomic E-state index is 1.04. The minimum atomic E-state index is 1.04. The molecule has 0 radical (unpaired) electrons. The summed E-state index contributed by atoms with van der Waals surface area (Å²) in [6.07, 6.45) is 14.2. The van der Waals surface area contributed by atoms with Gasteiger partial charge in [-0.2, -0.15) is 0 Å². The highest BCUT2D eigenvalue weighted by molar-refractivity contribution is 6.11. The third-order valence-electron chi connectivity index (χ3n) is 1.65. The largest absolute Gasteiger partial charge is 0.288 e. The summed E-state index contributed by atoms with van der Waals surface area (Å²) in [6.45, 7) is 2.00. The highest BCUT2D eigenvalue weighted by Crippen LogP contribution is 2.07. The first-order valence-corrected chi connectivity index (χ1v) is 4.03. The third kappa shape index (κ3) is 2.06. The van der Waals surface area contributed by atoms with Gasteiger partial charge in [0.15, 0.2) is 0 Å². The average molecular weight is 159 g/mol. The summed E-state index contributed by atoms with van der Waals surface area (Å²) in [7, 11) is 1.81. The quantitative estimate of drug-likeness (QED) is 0.557. The molecular formula is C11H13N. The Hall–Kier alpha value is -1.37. The molecule has 1 nitrogen and oxygen atoms in total. The molecule has 0 aromatic heterocycles. The Morgan fingerprint density at radius 3 is 2.67 bits per heavy atom. The number of rotatable bonds is 1. The zero-order chi connectivity index (χ0) is 8.81. The van der Waals surface area contributed by atoms with Gasteiger partial charge >= 0.3 is 0 Å². The van der Waals surface area contributed by atoms with Gasteiger partial charge in [0.05, 0.1) is 5.71 Å². The third-order valence-corrected chi connectivity index (χ3v) is 1.65. The summed E-state index contributed by atoms with van der Waals surface area (Å²) in [5, 5.41) is 0. The van der Waals surface area contributed by atoms with E-state index < -0.39 is 0 Å². The van der Waals surface area contributed by atoms with Crippen LogP contribution in [0.25, 0.3) is 0 Å². The lowest BCUT2D eigenvalue weighted by Crippen LogP contribution is -1.98. The van der Waals surface area contributed by atoms with Gasteiger partial charge in [-0.05, 0) is 18.6 Å². The maximum atomic E-state index is 4.16. The van der Waals surface area contributed by atoms with E-state index in [2.05, 4.69) is 17.1 Å². The topological polar surface area (TPSA) is 12.4 Å². The zero-order valence-corrected chi connectivity index (χ0v) is 7.49. The van der Waals surface area contributed by atoms with Crippen LogP contribution in [0, 0.1) is 0 Å². The molecule has 62 valence electrons. The number of hydrogen-bond acceptors (Lipinski definition) is 1. The molecule has 12 heavy (non-hydrogen) atoms. The molecule has 1 rings (SSSR count). The lowest BCUT2D eigenvalue weighted by Gasteiger charge is -2.03. The fourth-order valence-electron chi connectivity index (χ4n) is 1.03. The van der Waals surface area contributed by atoms with E-state index in [4.69, 9.17) is 0 Å². The van der Waals surface area contributed by atoms with Crippen LogP contribution in [0.2, 0.25) is 0 Å². The van der Waals surface area contributed by atoms with E-state index in [1.165, 1.54) is 0 Å². The van der Waals surface area contributed by atoms with E-state index in [1.807, 2.05) is 44.4 Å². The van der Waals surface area contributed by atoms with Crippen LogP contribution in [0.5, 0.6) is 0 Å². The fourth-order valence-corrected chi connectivity index (χ4v) is 1.03. The van der Waals surface area contributed by atoms with E-state index >= 15 is 0 Å². The summed E-state index contributed by atoms with van der Waals surface area (Å²) in [5.41, 5.74) is 2.20. The van der Waals surface area contributed by atoms with Crippen molar-refractivity contribution in [2.75, 3.05) is 7.05 Å². The summed E-state index contributed by atoms with van der Waals surface area (Å²) in [4.78, 5) is 4.16. The van der Waals surface area contributed by atoms with Gasteiger partial charge in [-0.3, -0.25) is 4.99 Å². The smallest absolute Gasteiger partial charge is 0.0643 e. The molecule has 0 aromatic rings. The van der Waals surface area contributed by atoms with Crippen LogP contribution in [0.1, 0.15) is 6.92 Å². The van der Waals surface area contributed by atoms with E-state index in [-0.39, 0.29) is 0 Å². The first kappa shape index (κ1) is 8.72. The van der Waals surface area contributed by atoms with E-state index in [0.29, 0.717) is 0 Å². The Kier molecular flexibility index (Phi) is 3.27. The second-order valence-corrected chi connectivity index (χ2v) is 2.47. The maximum Gasteiger partial charge on any atom is 0.0643 e. The maximum absolute atomic E-state index is 4.16. The van der Waals surface area contributed by atoms with Crippen molar-refractivity contribution in [2.45, 2.75) is 6.92 Å². The highest BCUT2D eigenvalue weighted by atomic mass is 14.7. The van der Waals surface area contributed by atoms with Gasteiger partial charge in [-0.25, -0.2) is 0 Å². The first-order valence-electron chi connectivity index (χ1n) is 4.03. The lowest BCUT2D eigenvalue weighted by atomic mass is 10.1. The monoisotopic (exact) mass is 159 g/mol. The Labute approximate surface area is 73.5 Å². The number of allylic oxidation sites excluding steroid dienone is 8. The van der Waals surface area contributed by atoms with E-state index in [1.54, 1.807) is 0 Å². The van der Waals surface area contributed by atoms with Gasteiger partial charge in [-0.15, -0.1) is 0 Å². The van der Waals surface area contributed by atoms with Gasteiger partial charge in [0, 0.05) is 7.05 Å². The molecule has 0 aliphatic heterocycles. The predicted molar refractivity (Wildman–Crippen MR) is 54.5 cm³/mol. The second kappa shape index (κ2) is 4.50. The molecule has 0 spiro atoms. The van der Waals surface area contributed by atoms with Crippen molar-refractivity contribution >= 4 is 5.71 Å². The Balaban J connectivity index is 2.90. The number of nitrogens with zero attached hydrogens (tertiary/aromatic N) is 1. The predicted octanol–water partition coefficient (Wildman–Crippen LogP) is 2.69. The molecule has 0 amide bonds. The second-order valence-electron chi connectivity index (χ2n) is 2.47. The molecule has 1 aliphatic carbocycles. The molecule has 0 aromatic carbocycles. The van der Waals surface area contributed by atoms with Gasteiger partial charge in [0.2, 0.25) is 0 Å². The summed E-state index contributed by atoms with van der Waals surface area (Å²) in [5.74, 6) is 0. The van der Waals surface area contributed by atoms with Gasteiger partial charge in [-0.1, -0.05) is 36.5 Å². The molecule has 0 saturated carbocycles. The molecule has 0 N–H and O–H groups in total. The van der Waals surface area contributed by atoms with Crippen LogP contribution < -0.4 is 0 Å². The van der Waals surface area contributed by atoms with Crippen molar-refractivity contribution in [3.8, 4) is 0 Å². The van der Waals surface area contributed by atoms with Crippen LogP contribution in [0.15, 0.2) is 53.1 Å². The zero-order valence-electron chi connectivity index (χ0n) is 7.49. The molecule has 0 unspecified atom stereocenters. The molecule has 0 bridgehead atoms. The van der Waals surface area contributed by atoms with Crippen molar-refractivity contribution in [3.05, 3.63) is 48.1 Å². The van der Waals surface area contributed by atoms with Crippen LogP contribution in [0.3, 0.4) is 0 Å². The minimum Gasteiger partial charge on any atom is -0.288 e. The molecule has 0 atom stereocenters. The van der Waals surface area contributed by atoms with Gasteiger partial charge in [0.1, 0.15) is 0 Å². The van der Waals surface area contributed by atoms with Crippen LogP contribution in [-0.2, 0) is 0 Å².